The number of hydrogen-bond acceptors (Lipinski definition) is 3. The van der Waals surface area contributed by atoms with E-state index in [0.717, 1.165) is 22.3 Å². The molecule has 0 aliphatic heterocycles. The first-order chi connectivity index (χ1) is 11.0. The molecule has 120 valence electrons. The Morgan fingerprint density at radius 2 is 1.83 bits per heavy atom. The number of aromatic nitrogens is 2. The SMILES string of the molecule is Cc1cc2ncn(CC(O)COc3ccccc3C)c2cc1C. The van der Waals surface area contributed by atoms with Gasteiger partial charge in [0.1, 0.15) is 18.5 Å². The van der Waals surface area contributed by atoms with Gasteiger partial charge in [-0.1, -0.05) is 18.2 Å². The Morgan fingerprint density at radius 1 is 1.09 bits per heavy atom. The zero-order valence-electron chi connectivity index (χ0n) is 13.8. The highest BCUT2D eigenvalue weighted by Crippen LogP contribution is 2.19. The molecule has 1 aromatic heterocycles. The zero-order valence-corrected chi connectivity index (χ0v) is 13.8. The van der Waals surface area contributed by atoms with Gasteiger partial charge in [-0.15, -0.1) is 0 Å². The molecule has 0 saturated heterocycles. The third kappa shape index (κ3) is 3.37. The van der Waals surface area contributed by atoms with E-state index in [1.165, 1.54) is 11.1 Å². The number of fused-ring (bicyclic) bond motifs is 1. The highest BCUT2D eigenvalue weighted by Gasteiger charge is 2.11. The third-order valence-corrected chi connectivity index (χ3v) is 4.17. The maximum atomic E-state index is 10.3. The topological polar surface area (TPSA) is 47.3 Å². The fourth-order valence-electron chi connectivity index (χ4n) is 2.64. The molecule has 0 aliphatic carbocycles. The van der Waals surface area contributed by atoms with Gasteiger partial charge in [0.2, 0.25) is 0 Å². The van der Waals surface area contributed by atoms with Crippen LogP contribution < -0.4 is 4.74 Å². The average molecular weight is 310 g/mol. The van der Waals surface area contributed by atoms with Crippen molar-refractivity contribution in [3.05, 3.63) is 59.4 Å². The predicted molar refractivity (Wildman–Crippen MR) is 91.9 cm³/mol. The second-order valence-electron chi connectivity index (χ2n) is 6.05. The molecule has 3 aromatic rings. The summed E-state index contributed by atoms with van der Waals surface area (Å²) in [7, 11) is 0. The Hall–Kier alpha value is -2.33. The van der Waals surface area contributed by atoms with E-state index < -0.39 is 6.10 Å². The van der Waals surface area contributed by atoms with Crippen LogP contribution in [0.4, 0.5) is 0 Å². The summed E-state index contributed by atoms with van der Waals surface area (Å²) in [6.45, 7) is 6.89. The Labute approximate surface area is 136 Å². The summed E-state index contributed by atoms with van der Waals surface area (Å²) in [6, 6.07) is 12.0. The van der Waals surface area contributed by atoms with Gasteiger partial charge in [-0.2, -0.15) is 0 Å². The number of hydrogen-bond donors (Lipinski definition) is 1. The van der Waals surface area contributed by atoms with Gasteiger partial charge in [0, 0.05) is 0 Å². The standard InChI is InChI=1S/C19H22N2O2/c1-13-6-4-5-7-19(13)23-11-16(22)10-21-12-20-17-8-14(2)15(3)9-18(17)21/h4-9,12,16,22H,10-11H2,1-3H3. The second kappa shape index (κ2) is 6.42. The lowest BCUT2D eigenvalue weighted by molar-refractivity contribution is 0.0931. The van der Waals surface area contributed by atoms with Crippen LogP contribution in [0.25, 0.3) is 11.0 Å². The Balaban J connectivity index is 1.69. The van der Waals surface area contributed by atoms with Gasteiger partial charge < -0.3 is 14.4 Å². The highest BCUT2D eigenvalue weighted by atomic mass is 16.5. The molecule has 4 nitrogen and oxygen atoms in total. The van der Waals surface area contributed by atoms with E-state index in [2.05, 4.69) is 31.0 Å². The molecule has 0 radical (unpaired) electrons. The summed E-state index contributed by atoms with van der Waals surface area (Å²) in [5.41, 5.74) is 5.53. The van der Waals surface area contributed by atoms with Crippen molar-refractivity contribution >= 4 is 11.0 Å². The lowest BCUT2D eigenvalue weighted by Gasteiger charge is -2.15. The quantitative estimate of drug-likeness (QED) is 0.785. The molecule has 4 heteroatoms. The van der Waals surface area contributed by atoms with Gasteiger partial charge in [0.15, 0.2) is 0 Å². The lowest BCUT2D eigenvalue weighted by atomic mass is 10.1. The van der Waals surface area contributed by atoms with Crippen LogP contribution in [0.15, 0.2) is 42.7 Å². The molecule has 0 saturated carbocycles. The summed E-state index contributed by atoms with van der Waals surface area (Å²) < 4.78 is 7.70. The molecule has 0 bridgehead atoms. The van der Waals surface area contributed by atoms with E-state index in [1.54, 1.807) is 6.33 Å². The van der Waals surface area contributed by atoms with Crippen LogP contribution in [0, 0.1) is 20.8 Å². The highest BCUT2D eigenvalue weighted by molar-refractivity contribution is 5.77. The first kappa shape index (κ1) is 15.6. The molecule has 0 fully saturated rings. The van der Waals surface area contributed by atoms with Crippen molar-refractivity contribution in [1.82, 2.24) is 9.55 Å². The van der Waals surface area contributed by atoms with Crippen LogP contribution in [0.2, 0.25) is 0 Å². The van der Waals surface area contributed by atoms with Gasteiger partial charge in [-0.25, -0.2) is 4.98 Å². The Morgan fingerprint density at radius 3 is 2.61 bits per heavy atom. The number of nitrogens with zero attached hydrogens (tertiary/aromatic N) is 2. The molecule has 1 N–H and O–H groups in total. The van der Waals surface area contributed by atoms with E-state index in [1.807, 2.05) is 35.8 Å². The van der Waals surface area contributed by atoms with Crippen molar-refractivity contribution in [2.45, 2.75) is 33.4 Å². The monoisotopic (exact) mass is 310 g/mol. The predicted octanol–water partition coefficient (Wildman–Crippen LogP) is 3.40. The third-order valence-electron chi connectivity index (χ3n) is 4.17. The van der Waals surface area contributed by atoms with Crippen molar-refractivity contribution in [2.24, 2.45) is 0 Å². The number of para-hydroxylation sites is 1. The molecule has 3 rings (SSSR count). The number of imidazole rings is 1. The van der Waals surface area contributed by atoms with Crippen LogP contribution in [0.5, 0.6) is 5.75 Å². The van der Waals surface area contributed by atoms with Crippen LogP contribution in [0.1, 0.15) is 16.7 Å². The molecule has 23 heavy (non-hydrogen) atoms. The molecule has 1 unspecified atom stereocenters. The van der Waals surface area contributed by atoms with Crippen molar-refractivity contribution in [3.8, 4) is 5.75 Å². The van der Waals surface area contributed by atoms with Gasteiger partial charge in [-0.05, 0) is 55.7 Å². The van der Waals surface area contributed by atoms with Gasteiger partial charge in [0.05, 0.1) is 23.9 Å². The van der Waals surface area contributed by atoms with E-state index in [9.17, 15) is 5.11 Å². The largest absolute Gasteiger partial charge is 0.491 e. The zero-order chi connectivity index (χ0) is 16.4. The van der Waals surface area contributed by atoms with Crippen molar-refractivity contribution in [1.29, 1.82) is 0 Å². The lowest BCUT2D eigenvalue weighted by Crippen LogP contribution is -2.23. The van der Waals surface area contributed by atoms with E-state index in [4.69, 9.17) is 4.74 Å². The smallest absolute Gasteiger partial charge is 0.122 e. The number of aliphatic hydroxyl groups is 1. The number of aliphatic hydroxyl groups excluding tert-OH is 1. The average Bonchev–Trinajstić information content (AvgIpc) is 2.89. The minimum Gasteiger partial charge on any atom is -0.491 e. The summed E-state index contributed by atoms with van der Waals surface area (Å²) in [5.74, 6) is 0.813. The molecule has 0 aliphatic rings. The number of benzene rings is 2. The van der Waals surface area contributed by atoms with Crippen LogP contribution in [-0.2, 0) is 6.54 Å². The fourth-order valence-corrected chi connectivity index (χ4v) is 2.64. The molecular formula is C19H22N2O2. The number of aryl methyl sites for hydroxylation is 3. The molecule has 1 atom stereocenters. The normalized spacial score (nSPS) is 12.5. The molecule has 2 aromatic carbocycles. The fraction of sp³-hybridized carbons (Fsp3) is 0.316. The van der Waals surface area contributed by atoms with Crippen molar-refractivity contribution < 1.29 is 9.84 Å². The minimum absolute atomic E-state index is 0.259. The molecule has 0 spiro atoms. The maximum absolute atomic E-state index is 10.3. The van der Waals surface area contributed by atoms with E-state index in [-0.39, 0.29) is 6.61 Å². The summed E-state index contributed by atoms with van der Waals surface area (Å²) in [4.78, 5) is 4.42. The van der Waals surface area contributed by atoms with Crippen molar-refractivity contribution in [2.75, 3.05) is 6.61 Å². The molecule has 0 amide bonds. The Bertz CT molecular complexity index is 823. The minimum atomic E-state index is -0.589. The van der Waals surface area contributed by atoms with E-state index in [0.29, 0.717) is 6.54 Å². The first-order valence-electron chi connectivity index (χ1n) is 7.83. The van der Waals surface area contributed by atoms with Gasteiger partial charge in [-0.3, -0.25) is 0 Å². The van der Waals surface area contributed by atoms with Crippen LogP contribution >= 0.6 is 0 Å². The Kier molecular flexibility index (Phi) is 4.35. The van der Waals surface area contributed by atoms with Crippen molar-refractivity contribution in [3.63, 3.8) is 0 Å². The van der Waals surface area contributed by atoms with E-state index >= 15 is 0 Å². The molecular weight excluding hydrogens is 288 g/mol. The summed E-state index contributed by atoms with van der Waals surface area (Å²) >= 11 is 0. The maximum Gasteiger partial charge on any atom is 0.122 e. The number of rotatable bonds is 5. The van der Waals surface area contributed by atoms with Gasteiger partial charge in [0.25, 0.3) is 0 Å². The second-order valence-corrected chi connectivity index (χ2v) is 6.05. The first-order valence-corrected chi connectivity index (χ1v) is 7.83. The molecule has 1 heterocycles. The van der Waals surface area contributed by atoms with Crippen LogP contribution in [-0.4, -0.2) is 27.4 Å². The number of ether oxygens (including phenoxy) is 1. The van der Waals surface area contributed by atoms with Crippen LogP contribution in [0.3, 0.4) is 0 Å². The summed E-state index contributed by atoms with van der Waals surface area (Å²) in [5, 5.41) is 10.3. The summed E-state index contributed by atoms with van der Waals surface area (Å²) in [6.07, 6.45) is 1.19. The van der Waals surface area contributed by atoms with Gasteiger partial charge >= 0.3 is 0 Å².